The summed E-state index contributed by atoms with van der Waals surface area (Å²) in [4.78, 5) is 4.42. The van der Waals surface area contributed by atoms with Crippen molar-refractivity contribution in [1.82, 2.24) is 15.2 Å². The Labute approximate surface area is 124 Å². The number of thioether (sulfide) groups is 1. The topological polar surface area (TPSA) is 41.6 Å². The molecule has 0 spiro atoms. The average Bonchev–Trinajstić information content (AvgIpc) is 2.95. The molecule has 1 aromatic carbocycles. The number of aromatic amines is 1. The summed E-state index contributed by atoms with van der Waals surface area (Å²) in [6.45, 7) is 2.22. The first kappa shape index (κ1) is 14.7. The van der Waals surface area contributed by atoms with Crippen molar-refractivity contribution in [2.75, 3.05) is 5.75 Å². The maximum Gasteiger partial charge on any atom is 0.209 e. The van der Waals surface area contributed by atoms with Gasteiger partial charge in [-0.3, -0.25) is 5.10 Å². The fourth-order valence-corrected chi connectivity index (χ4v) is 2.43. The van der Waals surface area contributed by atoms with E-state index in [1.165, 1.54) is 36.6 Å². The zero-order valence-corrected chi connectivity index (χ0v) is 12.5. The minimum atomic E-state index is 0.591. The Kier molecular flexibility index (Phi) is 5.69. The standard InChI is InChI=1S/C16H19N3S/c1-3-5-6-7-13-8-10-14(11-9-13)15-17-16(19-18-15)20-12-4-2/h2,8-11H,3,5-7,12H2,1H3,(H,17,18,19). The van der Waals surface area contributed by atoms with E-state index in [1.54, 1.807) is 0 Å². The van der Waals surface area contributed by atoms with Gasteiger partial charge in [-0.2, -0.15) is 0 Å². The number of rotatable bonds is 7. The van der Waals surface area contributed by atoms with Crippen LogP contribution in [0.25, 0.3) is 11.4 Å². The summed E-state index contributed by atoms with van der Waals surface area (Å²) in [5, 5.41) is 7.80. The molecule has 0 amide bonds. The highest BCUT2D eigenvalue weighted by molar-refractivity contribution is 7.99. The van der Waals surface area contributed by atoms with Crippen LogP contribution in [0.1, 0.15) is 31.7 Å². The number of nitrogens with one attached hydrogen (secondary N) is 1. The van der Waals surface area contributed by atoms with E-state index < -0.39 is 0 Å². The molecule has 1 heterocycles. The third-order valence-electron chi connectivity index (χ3n) is 3.05. The first-order valence-corrected chi connectivity index (χ1v) is 7.90. The summed E-state index contributed by atoms with van der Waals surface area (Å²) in [6, 6.07) is 8.53. The number of H-pyrrole nitrogens is 1. The first-order chi connectivity index (χ1) is 9.83. The lowest BCUT2D eigenvalue weighted by Gasteiger charge is -2.01. The molecule has 0 saturated heterocycles. The van der Waals surface area contributed by atoms with E-state index >= 15 is 0 Å². The Morgan fingerprint density at radius 2 is 2.05 bits per heavy atom. The molecular weight excluding hydrogens is 266 g/mol. The van der Waals surface area contributed by atoms with Crippen molar-refractivity contribution in [2.24, 2.45) is 0 Å². The van der Waals surface area contributed by atoms with E-state index in [4.69, 9.17) is 6.42 Å². The average molecular weight is 285 g/mol. The minimum Gasteiger partial charge on any atom is -0.258 e. The number of unbranched alkanes of at least 4 members (excludes halogenated alkanes) is 2. The van der Waals surface area contributed by atoms with Crippen LogP contribution >= 0.6 is 11.8 Å². The summed E-state index contributed by atoms with van der Waals surface area (Å²) in [7, 11) is 0. The predicted octanol–water partition coefficient (Wildman–Crippen LogP) is 3.93. The summed E-state index contributed by atoms with van der Waals surface area (Å²) < 4.78 is 0. The second kappa shape index (κ2) is 7.76. The molecule has 0 unspecified atom stereocenters. The van der Waals surface area contributed by atoms with Crippen molar-refractivity contribution in [3.63, 3.8) is 0 Å². The van der Waals surface area contributed by atoms with Crippen molar-refractivity contribution >= 4 is 11.8 Å². The molecule has 2 rings (SSSR count). The third-order valence-corrected chi connectivity index (χ3v) is 3.80. The van der Waals surface area contributed by atoms with Gasteiger partial charge in [0.25, 0.3) is 0 Å². The molecule has 104 valence electrons. The molecule has 0 fully saturated rings. The van der Waals surface area contributed by atoms with Crippen LogP contribution in [0.3, 0.4) is 0 Å². The lowest BCUT2D eigenvalue weighted by molar-refractivity contribution is 0.717. The maximum atomic E-state index is 5.22. The number of aromatic nitrogens is 3. The number of benzene rings is 1. The normalized spacial score (nSPS) is 10.4. The SMILES string of the molecule is C#CCSc1n[nH]c(-c2ccc(CCCCC)cc2)n1. The van der Waals surface area contributed by atoms with E-state index in [0.717, 1.165) is 17.8 Å². The van der Waals surface area contributed by atoms with Crippen LogP contribution in [0.5, 0.6) is 0 Å². The molecule has 0 bridgehead atoms. The minimum absolute atomic E-state index is 0.591. The van der Waals surface area contributed by atoms with Gasteiger partial charge in [0.05, 0.1) is 5.75 Å². The monoisotopic (exact) mass is 285 g/mol. The van der Waals surface area contributed by atoms with Gasteiger partial charge >= 0.3 is 0 Å². The van der Waals surface area contributed by atoms with E-state index in [0.29, 0.717) is 10.9 Å². The molecular formula is C16H19N3S. The molecule has 3 nitrogen and oxygen atoms in total. The molecule has 1 aromatic heterocycles. The second-order valence-corrected chi connectivity index (χ2v) is 5.56. The Balaban J connectivity index is 1.98. The highest BCUT2D eigenvalue weighted by Crippen LogP contribution is 2.20. The van der Waals surface area contributed by atoms with Crippen LogP contribution in [0.4, 0.5) is 0 Å². The number of nitrogens with zero attached hydrogens (tertiary/aromatic N) is 2. The fraction of sp³-hybridized carbons (Fsp3) is 0.375. The van der Waals surface area contributed by atoms with E-state index in [-0.39, 0.29) is 0 Å². The van der Waals surface area contributed by atoms with Crippen molar-refractivity contribution < 1.29 is 0 Å². The van der Waals surface area contributed by atoms with E-state index in [2.05, 4.69) is 52.3 Å². The maximum absolute atomic E-state index is 5.22. The third kappa shape index (κ3) is 4.14. The molecule has 20 heavy (non-hydrogen) atoms. The van der Waals surface area contributed by atoms with Crippen LogP contribution < -0.4 is 0 Å². The molecule has 0 saturated carbocycles. The van der Waals surface area contributed by atoms with Crippen LogP contribution in [0, 0.1) is 12.3 Å². The van der Waals surface area contributed by atoms with Crippen LogP contribution in [0.15, 0.2) is 29.4 Å². The zero-order chi connectivity index (χ0) is 14.2. The smallest absolute Gasteiger partial charge is 0.209 e. The number of hydrogen-bond acceptors (Lipinski definition) is 3. The van der Waals surface area contributed by atoms with Gasteiger partial charge < -0.3 is 0 Å². The predicted molar refractivity (Wildman–Crippen MR) is 84.6 cm³/mol. The lowest BCUT2D eigenvalue weighted by Crippen LogP contribution is -1.86. The number of hydrogen-bond donors (Lipinski definition) is 1. The van der Waals surface area contributed by atoms with Crippen molar-refractivity contribution in [2.45, 2.75) is 37.8 Å². The first-order valence-electron chi connectivity index (χ1n) is 6.91. The molecule has 2 aromatic rings. The van der Waals surface area contributed by atoms with E-state index in [1.807, 2.05) is 0 Å². The van der Waals surface area contributed by atoms with Crippen LogP contribution in [0.2, 0.25) is 0 Å². The molecule has 0 aliphatic rings. The quantitative estimate of drug-likeness (QED) is 0.476. The molecule has 0 atom stereocenters. The van der Waals surface area contributed by atoms with Gasteiger partial charge in [-0.15, -0.1) is 11.5 Å². The Bertz CT molecular complexity index is 566. The Hall–Kier alpha value is -1.73. The summed E-state index contributed by atoms with van der Waals surface area (Å²) in [5.41, 5.74) is 2.44. The van der Waals surface area contributed by atoms with Crippen molar-refractivity contribution in [3.8, 4) is 23.7 Å². The summed E-state index contributed by atoms with van der Waals surface area (Å²) in [5.74, 6) is 3.95. The van der Waals surface area contributed by atoms with Gasteiger partial charge in [-0.25, -0.2) is 4.98 Å². The van der Waals surface area contributed by atoms with Gasteiger partial charge in [-0.05, 0) is 18.4 Å². The van der Waals surface area contributed by atoms with Gasteiger partial charge in [0, 0.05) is 5.56 Å². The zero-order valence-electron chi connectivity index (χ0n) is 11.7. The van der Waals surface area contributed by atoms with E-state index in [9.17, 15) is 0 Å². The molecule has 0 radical (unpaired) electrons. The van der Waals surface area contributed by atoms with Crippen molar-refractivity contribution in [3.05, 3.63) is 29.8 Å². The summed E-state index contributed by atoms with van der Waals surface area (Å²) >= 11 is 1.46. The molecule has 4 heteroatoms. The fourth-order valence-electron chi connectivity index (χ4n) is 1.95. The van der Waals surface area contributed by atoms with Gasteiger partial charge in [0.15, 0.2) is 5.82 Å². The van der Waals surface area contributed by atoms with Crippen molar-refractivity contribution in [1.29, 1.82) is 0 Å². The molecule has 0 aliphatic carbocycles. The number of terminal acetylenes is 1. The largest absolute Gasteiger partial charge is 0.258 e. The molecule has 1 N–H and O–H groups in total. The van der Waals surface area contributed by atoms with Gasteiger partial charge in [0.1, 0.15) is 0 Å². The molecule has 0 aliphatic heterocycles. The Morgan fingerprint density at radius 1 is 1.25 bits per heavy atom. The van der Waals surface area contributed by atoms with Crippen LogP contribution in [-0.4, -0.2) is 20.9 Å². The van der Waals surface area contributed by atoms with Gasteiger partial charge in [0.2, 0.25) is 5.16 Å². The lowest BCUT2D eigenvalue weighted by atomic mass is 10.1. The number of aryl methyl sites for hydroxylation is 1. The highest BCUT2D eigenvalue weighted by atomic mass is 32.2. The van der Waals surface area contributed by atoms with Gasteiger partial charge in [-0.1, -0.05) is 61.7 Å². The highest BCUT2D eigenvalue weighted by Gasteiger charge is 2.05. The Morgan fingerprint density at radius 3 is 2.75 bits per heavy atom. The van der Waals surface area contributed by atoms with Crippen LogP contribution in [-0.2, 0) is 6.42 Å². The summed E-state index contributed by atoms with van der Waals surface area (Å²) in [6.07, 6.45) is 10.2. The second-order valence-electron chi connectivity index (χ2n) is 4.61.